The van der Waals surface area contributed by atoms with Gasteiger partial charge in [-0.3, -0.25) is 0 Å². The van der Waals surface area contributed by atoms with Crippen molar-refractivity contribution in [2.75, 3.05) is 13.7 Å². The molecule has 0 spiro atoms. The van der Waals surface area contributed by atoms with E-state index in [1.54, 1.807) is 7.11 Å². The first-order chi connectivity index (χ1) is 4.33. The Morgan fingerprint density at radius 2 is 2.33 bits per heavy atom. The topological polar surface area (TPSA) is 9.23 Å². The predicted octanol–water partition coefficient (Wildman–Crippen LogP) is 2.04. The SMILES string of the molecule is COCC1CCC(Cl)C1. The number of hydrogen-bond acceptors (Lipinski definition) is 1. The van der Waals surface area contributed by atoms with Crippen LogP contribution >= 0.6 is 11.6 Å². The molecule has 1 nitrogen and oxygen atoms in total. The van der Waals surface area contributed by atoms with E-state index in [1.165, 1.54) is 12.8 Å². The van der Waals surface area contributed by atoms with Crippen molar-refractivity contribution in [3.63, 3.8) is 0 Å². The molecular formula is C7H13ClO. The fourth-order valence-corrected chi connectivity index (χ4v) is 1.78. The third-order valence-electron chi connectivity index (χ3n) is 1.88. The lowest BCUT2D eigenvalue weighted by Gasteiger charge is -2.05. The van der Waals surface area contributed by atoms with Crippen LogP contribution in [0.4, 0.5) is 0 Å². The van der Waals surface area contributed by atoms with Gasteiger partial charge in [0, 0.05) is 19.1 Å². The molecule has 0 amide bonds. The van der Waals surface area contributed by atoms with Crippen LogP contribution in [-0.4, -0.2) is 19.1 Å². The first-order valence-electron chi connectivity index (χ1n) is 3.46. The summed E-state index contributed by atoms with van der Waals surface area (Å²) in [5, 5.41) is 0.421. The van der Waals surface area contributed by atoms with Gasteiger partial charge in [0.2, 0.25) is 0 Å². The van der Waals surface area contributed by atoms with Crippen molar-refractivity contribution in [2.24, 2.45) is 5.92 Å². The molecule has 2 atom stereocenters. The Hall–Kier alpha value is 0.250. The van der Waals surface area contributed by atoms with Gasteiger partial charge < -0.3 is 4.74 Å². The molecule has 54 valence electrons. The van der Waals surface area contributed by atoms with Crippen molar-refractivity contribution in [3.05, 3.63) is 0 Å². The molecule has 1 aliphatic carbocycles. The molecule has 1 aliphatic rings. The molecule has 0 N–H and O–H groups in total. The van der Waals surface area contributed by atoms with Gasteiger partial charge in [-0.1, -0.05) is 0 Å². The van der Waals surface area contributed by atoms with Gasteiger partial charge in [-0.2, -0.15) is 0 Å². The lowest BCUT2D eigenvalue weighted by Crippen LogP contribution is -2.03. The monoisotopic (exact) mass is 148 g/mol. The minimum Gasteiger partial charge on any atom is -0.384 e. The molecule has 2 heteroatoms. The third kappa shape index (κ3) is 2.15. The molecule has 1 fully saturated rings. The van der Waals surface area contributed by atoms with Crippen LogP contribution in [-0.2, 0) is 4.74 Å². The minimum atomic E-state index is 0.421. The van der Waals surface area contributed by atoms with Crippen molar-refractivity contribution in [1.82, 2.24) is 0 Å². The maximum atomic E-state index is 5.89. The van der Waals surface area contributed by atoms with Crippen molar-refractivity contribution >= 4 is 11.6 Å². The molecular weight excluding hydrogens is 136 g/mol. The van der Waals surface area contributed by atoms with Gasteiger partial charge in [-0.25, -0.2) is 0 Å². The first-order valence-corrected chi connectivity index (χ1v) is 3.89. The van der Waals surface area contributed by atoms with Crippen LogP contribution in [0.15, 0.2) is 0 Å². The summed E-state index contributed by atoms with van der Waals surface area (Å²) in [5.74, 6) is 0.734. The lowest BCUT2D eigenvalue weighted by atomic mass is 10.1. The van der Waals surface area contributed by atoms with Crippen LogP contribution in [0.3, 0.4) is 0 Å². The molecule has 0 aromatic heterocycles. The second-order valence-corrected chi connectivity index (χ2v) is 3.35. The van der Waals surface area contributed by atoms with Crippen LogP contribution in [0.1, 0.15) is 19.3 Å². The van der Waals surface area contributed by atoms with Gasteiger partial charge in [0.1, 0.15) is 0 Å². The average molecular weight is 149 g/mol. The average Bonchev–Trinajstić information content (AvgIpc) is 2.17. The van der Waals surface area contributed by atoms with E-state index < -0.39 is 0 Å². The molecule has 0 aromatic carbocycles. The van der Waals surface area contributed by atoms with E-state index in [9.17, 15) is 0 Å². The standard InChI is InChI=1S/C7H13ClO/c1-9-5-6-2-3-7(8)4-6/h6-7H,2-5H2,1H3. The number of ether oxygens (including phenoxy) is 1. The summed E-state index contributed by atoms with van der Waals surface area (Å²) in [6, 6.07) is 0. The second kappa shape index (κ2) is 3.43. The van der Waals surface area contributed by atoms with Crippen molar-refractivity contribution in [2.45, 2.75) is 24.6 Å². The van der Waals surface area contributed by atoms with Crippen LogP contribution in [0, 0.1) is 5.92 Å². The summed E-state index contributed by atoms with van der Waals surface area (Å²) in [6.07, 6.45) is 3.58. The van der Waals surface area contributed by atoms with Crippen LogP contribution in [0.5, 0.6) is 0 Å². The Bertz CT molecular complexity index is 83.0. The van der Waals surface area contributed by atoms with E-state index in [4.69, 9.17) is 16.3 Å². The zero-order valence-corrected chi connectivity index (χ0v) is 6.53. The number of halogens is 1. The van der Waals surface area contributed by atoms with Gasteiger partial charge in [0.15, 0.2) is 0 Å². The lowest BCUT2D eigenvalue weighted by molar-refractivity contribution is 0.155. The Morgan fingerprint density at radius 3 is 2.78 bits per heavy atom. The van der Waals surface area contributed by atoms with Crippen molar-refractivity contribution in [1.29, 1.82) is 0 Å². The zero-order chi connectivity index (χ0) is 6.69. The summed E-state index contributed by atoms with van der Waals surface area (Å²) in [4.78, 5) is 0. The maximum Gasteiger partial charge on any atom is 0.0491 e. The number of alkyl halides is 1. The Morgan fingerprint density at radius 1 is 1.56 bits per heavy atom. The quantitative estimate of drug-likeness (QED) is 0.545. The van der Waals surface area contributed by atoms with Crippen LogP contribution in [0.2, 0.25) is 0 Å². The predicted molar refractivity (Wildman–Crippen MR) is 38.9 cm³/mol. The van der Waals surface area contributed by atoms with Gasteiger partial charge in [0.25, 0.3) is 0 Å². The van der Waals surface area contributed by atoms with Crippen LogP contribution in [0.25, 0.3) is 0 Å². The van der Waals surface area contributed by atoms with E-state index in [-0.39, 0.29) is 0 Å². The molecule has 0 heterocycles. The second-order valence-electron chi connectivity index (χ2n) is 2.73. The Kier molecular flexibility index (Phi) is 2.80. The number of methoxy groups -OCH3 is 1. The summed E-state index contributed by atoms with van der Waals surface area (Å²) in [6.45, 7) is 0.892. The highest BCUT2D eigenvalue weighted by Gasteiger charge is 2.22. The first kappa shape index (κ1) is 7.36. The minimum absolute atomic E-state index is 0.421. The van der Waals surface area contributed by atoms with E-state index >= 15 is 0 Å². The largest absolute Gasteiger partial charge is 0.384 e. The summed E-state index contributed by atoms with van der Waals surface area (Å²) in [7, 11) is 1.75. The summed E-state index contributed by atoms with van der Waals surface area (Å²) < 4.78 is 5.02. The van der Waals surface area contributed by atoms with Gasteiger partial charge in [-0.05, 0) is 25.2 Å². The van der Waals surface area contributed by atoms with Crippen molar-refractivity contribution in [3.8, 4) is 0 Å². The smallest absolute Gasteiger partial charge is 0.0491 e. The molecule has 2 unspecified atom stereocenters. The molecule has 0 bridgehead atoms. The molecule has 0 aliphatic heterocycles. The summed E-state index contributed by atoms with van der Waals surface area (Å²) in [5.41, 5.74) is 0. The Labute approximate surface area is 61.3 Å². The molecule has 0 saturated heterocycles. The highest BCUT2D eigenvalue weighted by Crippen LogP contribution is 2.29. The maximum absolute atomic E-state index is 5.89. The fraction of sp³-hybridized carbons (Fsp3) is 1.00. The fourth-order valence-electron chi connectivity index (χ4n) is 1.40. The third-order valence-corrected chi connectivity index (χ3v) is 2.28. The Balaban J connectivity index is 2.14. The molecule has 0 radical (unpaired) electrons. The molecule has 1 rings (SSSR count). The van der Waals surface area contributed by atoms with Crippen LogP contribution < -0.4 is 0 Å². The van der Waals surface area contributed by atoms with Gasteiger partial charge in [0.05, 0.1) is 0 Å². The highest BCUT2D eigenvalue weighted by molar-refractivity contribution is 6.20. The van der Waals surface area contributed by atoms with E-state index in [0.717, 1.165) is 18.9 Å². The summed E-state index contributed by atoms with van der Waals surface area (Å²) >= 11 is 5.89. The molecule has 0 aromatic rings. The van der Waals surface area contributed by atoms with E-state index in [0.29, 0.717) is 5.38 Å². The number of rotatable bonds is 2. The molecule has 1 saturated carbocycles. The van der Waals surface area contributed by atoms with E-state index in [2.05, 4.69) is 0 Å². The van der Waals surface area contributed by atoms with Gasteiger partial charge in [-0.15, -0.1) is 11.6 Å². The zero-order valence-electron chi connectivity index (χ0n) is 5.77. The molecule has 9 heavy (non-hydrogen) atoms. The number of hydrogen-bond donors (Lipinski definition) is 0. The normalized spacial score (nSPS) is 35.3. The highest BCUT2D eigenvalue weighted by atomic mass is 35.5. The van der Waals surface area contributed by atoms with Gasteiger partial charge >= 0.3 is 0 Å². The van der Waals surface area contributed by atoms with E-state index in [1.807, 2.05) is 0 Å². The van der Waals surface area contributed by atoms with Crippen molar-refractivity contribution < 1.29 is 4.74 Å².